The Morgan fingerprint density at radius 1 is 1.30 bits per heavy atom. The van der Waals surface area contributed by atoms with Crippen molar-refractivity contribution < 1.29 is 19.2 Å². The van der Waals surface area contributed by atoms with Crippen molar-refractivity contribution in [2.24, 2.45) is 5.92 Å². The summed E-state index contributed by atoms with van der Waals surface area (Å²) in [4.78, 5) is 36.5. The first-order valence-electron chi connectivity index (χ1n) is 8.08. The molecule has 27 heavy (non-hydrogen) atoms. The van der Waals surface area contributed by atoms with E-state index in [2.05, 4.69) is 5.32 Å². The highest BCUT2D eigenvalue weighted by atomic mass is 35.5. The molecule has 0 saturated carbocycles. The van der Waals surface area contributed by atoms with Gasteiger partial charge < -0.3 is 15.0 Å². The predicted molar refractivity (Wildman–Crippen MR) is 100 cm³/mol. The van der Waals surface area contributed by atoms with E-state index in [1.807, 2.05) is 0 Å². The number of ether oxygens (including phenoxy) is 1. The van der Waals surface area contributed by atoms with Crippen LogP contribution in [0.2, 0.25) is 5.02 Å². The van der Waals surface area contributed by atoms with Crippen LogP contribution in [0, 0.1) is 16.0 Å². The molecule has 1 fully saturated rings. The van der Waals surface area contributed by atoms with E-state index in [4.69, 9.17) is 16.3 Å². The van der Waals surface area contributed by atoms with Crippen LogP contribution in [-0.2, 0) is 9.59 Å². The van der Waals surface area contributed by atoms with Crippen molar-refractivity contribution in [1.29, 1.82) is 0 Å². The molecule has 2 aromatic carbocycles. The van der Waals surface area contributed by atoms with Gasteiger partial charge in [-0.1, -0.05) is 11.6 Å². The third-order valence-corrected chi connectivity index (χ3v) is 4.61. The van der Waals surface area contributed by atoms with Gasteiger partial charge in [0, 0.05) is 30.8 Å². The molecule has 0 bridgehead atoms. The lowest BCUT2D eigenvalue weighted by Crippen LogP contribution is -2.28. The van der Waals surface area contributed by atoms with E-state index in [-0.39, 0.29) is 41.2 Å². The number of carbonyl (C=O) groups is 2. The number of nitrogens with zero attached hydrogens (tertiary/aromatic N) is 2. The number of hydrogen-bond acceptors (Lipinski definition) is 5. The third-order valence-electron chi connectivity index (χ3n) is 4.30. The molecule has 2 aromatic rings. The molecule has 1 saturated heterocycles. The van der Waals surface area contributed by atoms with Gasteiger partial charge in [-0.15, -0.1) is 0 Å². The van der Waals surface area contributed by atoms with Crippen molar-refractivity contribution >= 4 is 40.5 Å². The van der Waals surface area contributed by atoms with E-state index in [1.54, 1.807) is 36.3 Å². The Kier molecular flexibility index (Phi) is 5.27. The van der Waals surface area contributed by atoms with Crippen molar-refractivity contribution in [2.45, 2.75) is 6.42 Å². The van der Waals surface area contributed by atoms with Gasteiger partial charge in [0.15, 0.2) is 0 Å². The molecule has 2 amide bonds. The highest BCUT2D eigenvalue weighted by Gasteiger charge is 2.35. The van der Waals surface area contributed by atoms with Gasteiger partial charge >= 0.3 is 0 Å². The second-order valence-corrected chi connectivity index (χ2v) is 6.42. The Morgan fingerprint density at radius 2 is 2.00 bits per heavy atom. The summed E-state index contributed by atoms with van der Waals surface area (Å²) in [7, 11) is 1.56. The van der Waals surface area contributed by atoms with Crippen molar-refractivity contribution in [1.82, 2.24) is 0 Å². The average molecular weight is 390 g/mol. The number of anilines is 2. The minimum Gasteiger partial charge on any atom is -0.497 e. The van der Waals surface area contributed by atoms with Crippen molar-refractivity contribution in [3.63, 3.8) is 0 Å². The fraction of sp³-hybridized carbons (Fsp3) is 0.222. The lowest BCUT2D eigenvalue weighted by molar-refractivity contribution is -0.384. The number of nitro groups is 1. The van der Waals surface area contributed by atoms with Gasteiger partial charge in [-0.25, -0.2) is 0 Å². The first kappa shape index (κ1) is 18.7. The Labute approximate surface area is 159 Å². The smallest absolute Gasteiger partial charge is 0.271 e. The standard InChI is InChI=1S/C18H16ClN3O5/c1-27-14-5-2-12(3-6-14)21-10-11(8-17(21)23)18(24)20-16-7-4-13(22(25)26)9-15(16)19/h2-7,9,11H,8,10H2,1H3,(H,20,24). The van der Waals surface area contributed by atoms with Gasteiger partial charge in [-0.2, -0.15) is 0 Å². The van der Waals surface area contributed by atoms with E-state index < -0.39 is 10.8 Å². The summed E-state index contributed by atoms with van der Waals surface area (Å²) >= 11 is 6.00. The zero-order valence-corrected chi connectivity index (χ0v) is 15.1. The fourth-order valence-electron chi connectivity index (χ4n) is 2.85. The number of halogens is 1. The van der Waals surface area contributed by atoms with Crippen LogP contribution in [0.4, 0.5) is 17.1 Å². The Bertz CT molecular complexity index is 900. The van der Waals surface area contributed by atoms with Crippen LogP contribution in [0.15, 0.2) is 42.5 Å². The number of rotatable bonds is 5. The summed E-state index contributed by atoms with van der Waals surface area (Å²) in [5.41, 5.74) is 0.784. The van der Waals surface area contributed by atoms with Crippen molar-refractivity contribution in [3.05, 3.63) is 57.6 Å². The van der Waals surface area contributed by atoms with Crippen LogP contribution in [0.25, 0.3) is 0 Å². The maximum atomic E-state index is 12.5. The summed E-state index contributed by atoms with van der Waals surface area (Å²) in [6.07, 6.45) is 0.0719. The topological polar surface area (TPSA) is 102 Å². The Hall–Kier alpha value is -3.13. The SMILES string of the molecule is COc1ccc(N2CC(C(=O)Nc3ccc([N+](=O)[O-])cc3Cl)CC2=O)cc1. The van der Waals surface area contributed by atoms with Crippen LogP contribution in [0.3, 0.4) is 0 Å². The zero-order chi connectivity index (χ0) is 19.6. The monoisotopic (exact) mass is 389 g/mol. The van der Waals surface area contributed by atoms with Gasteiger partial charge in [-0.3, -0.25) is 19.7 Å². The minimum atomic E-state index is -0.570. The van der Waals surface area contributed by atoms with E-state index in [9.17, 15) is 19.7 Å². The maximum Gasteiger partial charge on any atom is 0.271 e. The maximum absolute atomic E-state index is 12.5. The molecule has 8 nitrogen and oxygen atoms in total. The first-order chi connectivity index (χ1) is 12.9. The second kappa shape index (κ2) is 7.63. The molecule has 0 aromatic heterocycles. The fourth-order valence-corrected chi connectivity index (χ4v) is 3.07. The summed E-state index contributed by atoms with van der Waals surface area (Å²) in [5.74, 6) is -0.399. The molecular formula is C18H16ClN3O5. The molecule has 9 heteroatoms. The second-order valence-electron chi connectivity index (χ2n) is 6.01. The van der Waals surface area contributed by atoms with Gasteiger partial charge in [0.25, 0.3) is 5.69 Å². The molecule has 1 atom stereocenters. The normalized spacial score (nSPS) is 16.3. The third kappa shape index (κ3) is 4.01. The lowest BCUT2D eigenvalue weighted by atomic mass is 10.1. The summed E-state index contributed by atoms with van der Waals surface area (Å²) in [5, 5.41) is 13.5. The van der Waals surface area contributed by atoms with Crippen LogP contribution < -0.4 is 15.0 Å². The van der Waals surface area contributed by atoms with Gasteiger partial charge in [0.05, 0.1) is 28.7 Å². The van der Waals surface area contributed by atoms with Crippen molar-refractivity contribution in [2.75, 3.05) is 23.9 Å². The number of nitro benzene ring substituents is 1. The largest absolute Gasteiger partial charge is 0.497 e. The van der Waals surface area contributed by atoms with E-state index >= 15 is 0 Å². The predicted octanol–water partition coefficient (Wildman–Crippen LogP) is 3.25. The van der Waals surface area contributed by atoms with E-state index in [0.29, 0.717) is 11.4 Å². The summed E-state index contributed by atoms with van der Waals surface area (Å²) in [6.45, 7) is 0.238. The highest BCUT2D eigenvalue weighted by Crippen LogP contribution is 2.30. The van der Waals surface area contributed by atoms with Crippen LogP contribution in [-0.4, -0.2) is 30.4 Å². The molecule has 1 aliphatic heterocycles. The number of methoxy groups -OCH3 is 1. The number of carbonyl (C=O) groups excluding carboxylic acids is 2. The molecule has 1 unspecified atom stereocenters. The van der Waals surface area contributed by atoms with Gasteiger partial charge in [0.2, 0.25) is 11.8 Å². The number of amides is 2. The molecular weight excluding hydrogens is 374 g/mol. The van der Waals surface area contributed by atoms with E-state index in [0.717, 1.165) is 0 Å². The average Bonchev–Trinajstić information content (AvgIpc) is 3.05. The van der Waals surface area contributed by atoms with E-state index in [1.165, 1.54) is 18.2 Å². The highest BCUT2D eigenvalue weighted by molar-refractivity contribution is 6.34. The lowest BCUT2D eigenvalue weighted by Gasteiger charge is -2.17. The summed E-state index contributed by atoms with van der Waals surface area (Å²) in [6, 6.07) is 10.8. The van der Waals surface area contributed by atoms with Crippen LogP contribution in [0.1, 0.15) is 6.42 Å². The molecule has 0 spiro atoms. The molecule has 0 aliphatic carbocycles. The van der Waals surface area contributed by atoms with Gasteiger partial charge in [0.1, 0.15) is 5.75 Å². The minimum absolute atomic E-state index is 0.0638. The summed E-state index contributed by atoms with van der Waals surface area (Å²) < 4.78 is 5.10. The van der Waals surface area contributed by atoms with Crippen molar-refractivity contribution in [3.8, 4) is 5.75 Å². The Balaban J connectivity index is 1.69. The molecule has 1 aliphatic rings. The molecule has 1 N–H and O–H groups in total. The number of hydrogen-bond donors (Lipinski definition) is 1. The number of nitrogens with one attached hydrogen (secondary N) is 1. The van der Waals surface area contributed by atoms with Gasteiger partial charge in [-0.05, 0) is 30.3 Å². The molecule has 3 rings (SSSR count). The molecule has 0 radical (unpaired) electrons. The van der Waals surface area contributed by atoms with Crippen LogP contribution in [0.5, 0.6) is 5.75 Å². The number of benzene rings is 2. The molecule has 1 heterocycles. The quantitative estimate of drug-likeness (QED) is 0.624. The Morgan fingerprint density at radius 3 is 2.59 bits per heavy atom. The molecule has 140 valence electrons. The number of non-ortho nitro benzene ring substituents is 1. The van der Waals surface area contributed by atoms with Crippen LogP contribution >= 0.6 is 11.6 Å². The first-order valence-corrected chi connectivity index (χ1v) is 8.46. The zero-order valence-electron chi connectivity index (χ0n) is 14.3.